The molecule has 1 heterocycles. The summed E-state index contributed by atoms with van der Waals surface area (Å²) in [5.74, 6) is 2.89. The van der Waals surface area contributed by atoms with Crippen molar-refractivity contribution in [3.8, 4) is 0 Å². The van der Waals surface area contributed by atoms with Crippen molar-refractivity contribution >= 4 is 5.91 Å². The Morgan fingerprint density at radius 3 is 2.38 bits per heavy atom. The lowest BCUT2D eigenvalue weighted by Crippen LogP contribution is -2.53. The van der Waals surface area contributed by atoms with Crippen LogP contribution in [0.1, 0.15) is 44.1 Å². The second-order valence-corrected chi connectivity index (χ2v) is 7.89. The number of nitrogens with zero attached hydrogens (tertiary/aromatic N) is 1. The summed E-state index contributed by atoms with van der Waals surface area (Å²) in [5, 5.41) is 3.25. The zero-order chi connectivity index (χ0) is 14.4. The van der Waals surface area contributed by atoms with Gasteiger partial charge in [0.25, 0.3) is 0 Å². The zero-order valence-electron chi connectivity index (χ0n) is 13.0. The van der Waals surface area contributed by atoms with Gasteiger partial charge in [0, 0.05) is 31.4 Å². The van der Waals surface area contributed by atoms with Crippen LogP contribution in [0, 0.1) is 23.2 Å². The highest BCUT2D eigenvalue weighted by Crippen LogP contribution is 2.60. The highest BCUT2D eigenvalue weighted by Gasteiger charge is 2.54. The second-order valence-electron chi connectivity index (χ2n) is 7.89. The first-order chi connectivity index (χ1) is 10.1. The smallest absolute Gasteiger partial charge is 0.226 e. The molecule has 3 nitrogen and oxygen atoms in total. The van der Waals surface area contributed by atoms with Crippen LogP contribution in [-0.2, 0) is 18.3 Å². The summed E-state index contributed by atoms with van der Waals surface area (Å²) in [6, 6.07) is 2.14. The van der Waals surface area contributed by atoms with Crippen molar-refractivity contribution in [1.29, 1.82) is 0 Å². The van der Waals surface area contributed by atoms with E-state index < -0.39 is 0 Å². The molecular formula is C18H26N2O. The normalized spacial score (nSPS) is 36.9. The number of hydrogen-bond donors (Lipinski definition) is 1. The minimum absolute atomic E-state index is 0.00539. The molecule has 1 aromatic rings. The van der Waals surface area contributed by atoms with Gasteiger partial charge in [-0.3, -0.25) is 4.79 Å². The Bertz CT molecular complexity index is 510. The van der Waals surface area contributed by atoms with Crippen molar-refractivity contribution < 1.29 is 4.79 Å². The van der Waals surface area contributed by atoms with Crippen molar-refractivity contribution in [1.82, 2.24) is 9.88 Å². The fourth-order valence-electron chi connectivity index (χ4n) is 5.61. The molecule has 21 heavy (non-hydrogen) atoms. The molecule has 1 aromatic heterocycles. The van der Waals surface area contributed by atoms with E-state index in [1.807, 2.05) is 7.05 Å². The first-order valence-corrected chi connectivity index (χ1v) is 8.52. The van der Waals surface area contributed by atoms with Crippen LogP contribution in [0.3, 0.4) is 0 Å². The van der Waals surface area contributed by atoms with E-state index in [2.05, 4.69) is 28.3 Å². The van der Waals surface area contributed by atoms with Crippen LogP contribution >= 0.6 is 0 Å². The summed E-state index contributed by atoms with van der Waals surface area (Å²) in [6.07, 6.45) is 12.8. The quantitative estimate of drug-likeness (QED) is 0.907. The summed E-state index contributed by atoms with van der Waals surface area (Å²) in [4.78, 5) is 12.8. The molecule has 4 aliphatic carbocycles. The predicted molar refractivity (Wildman–Crippen MR) is 82.7 cm³/mol. The molecule has 0 saturated heterocycles. The van der Waals surface area contributed by atoms with Crippen molar-refractivity contribution in [3.63, 3.8) is 0 Å². The largest absolute Gasteiger partial charge is 0.357 e. The van der Waals surface area contributed by atoms with E-state index in [0.717, 1.165) is 50.0 Å². The molecule has 114 valence electrons. The standard InChI is InChI=1S/C18H26N2O/c1-20-5-3-13(12-20)2-4-19-17(21)18-9-14-6-15(10-18)8-16(7-14)11-18/h3,5,12,14-16H,2,4,6-11H2,1H3,(H,19,21). The Kier molecular flexibility index (Phi) is 3.13. The molecule has 0 unspecified atom stereocenters. The van der Waals surface area contributed by atoms with E-state index >= 15 is 0 Å². The zero-order valence-corrected chi connectivity index (χ0v) is 13.0. The van der Waals surface area contributed by atoms with Gasteiger partial charge in [0.1, 0.15) is 0 Å². The van der Waals surface area contributed by atoms with Crippen molar-refractivity contribution in [2.75, 3.05) is 6.54 Å². The predicted octanol–water partition coefficient (Wildman–Crippen LogP) is 2.90. The van der Waals surface area contributed by atoms with Crippen LogP contribution < -0.4 is 5.32 Å². The fourth-order valence-corrected chi connectivity index (χ4v) is 5.61. The first kappa shape index (κ1) is 13.4. The average Bonchev–Trinajstić information content (AvgIpc) is 2.83. The minimum Gasteiger partial charge on any atom is -0.357 e. The summed E-state index contributed by atoms with van der Waals surface area (Å²) >= 11 is 0. The molecular weight excluding hydrogens is 260 g/mol. The number of nitrogens with one attached hydrogen (secondary N) is 1. The third-order valence-corrected chi connectivity index (χ3v) is 6.11. The van der Waals surface area contributed by atoms with Crippen molar-refractivity contribution in [2.24, 2.45) is 30.2 Å². The van der Waals surface area contributed by atoms with Gasteiger partial charge in [0.05, 0.1) is 0 Å². The Balaban J connectivity index is 1.36. The maximum Gasteiger partial charge on any atom is 0.226 e. The third kappa shape index (κ3) is 2.41. The van der Waals surface area contributed by atoms with Gasteiger partial charge in [-0.25, -0.2) is 0 Å². The van der Waals surface area contributed by atoms with Gasteiger partial charge < -0.3 is 9.88 Å². The topological polar surface area (TPSA) is 34.0 Å². The van der Waals surface area contributed by atoms with Gasteiger partial charge in [-0.05, 0) is 74.3 Å². The Morgan fingerprint density at radius 2 is 1.86 bits per heavy atom. The summed E-state index contributed by atoms with van der Waals surface area (Å²) in [6.45, 7) is 0.782. The first-order valence-electron chi connectivity index (χ1n) is 8.52. The van der Waals surface area contributed by atoms with E-state index in [1.165, 1.54) is 24.8 Å². The molecule has 4 aliphatic rings. The summed E-state index contributed by atoms with van der Waals surface area (Å²) < 4.78 is 2.07. The molecule has 4 bridgehead atoms. The Hall–Kier alpha value is -1.25. The lowest BCUT2D eigenvalue weighted by molar-refractivity contribution is -0.146. The lowest BCUT2D eigenvalue weighted by Gasteiger charge is -2.55. The molecule has 1 N–H and O–H groups in total. The van der Waals surface area contributed by atoms with Gasteiger partial charge in [-0.15, -0.1) is 0 Å². The van der Waals surface area contributed by atoms with Gasteiger partial charge in [-0.2, -0.15) is 0 Å². The minimum atomic E-state index is 0.00539. The van der Waals surface area contributed by atoms with E-state index in [1.54, 1.807) is 0 Å². The SMILES string of the molecule is Cn1ccc(CCNC(=O)C23CC4CC(CC(C4)C2)C3)c1. The number of rotatable bonds is 4. The number of aryl methyl sites for hydroxylation is 1. The number of aromatic nitrogens is 1. The molecule has 4 saturated carbocycles. The van der Waals surface area contributed by atoms with Gasteiger partial charge >= 0.3 is 0 Å². The highest BCUT2D eigenvalue weighted by molar-refractivity contribution is 5.83. The summed E-state index contributed by atoms with van der Waals surface area (Å²) in [5.41, 5.74) is 1.31. The molecule has 5 rings (SSSR count). The highest BCUT2D eigenvalue weighted by atomic mass is 16.2. The molecule has 0 radical (unpaired) electrons. The maximum atomic E-state index is 12.8. The number of carbonyl (C=O) groups excluding carboxylic acids is 1. The van der Waals surface area contributed by atoms with Gasteiger partial charge in [-0.1, -0.05) is 0 Å². The maximum absolute atomic E-state index is 12.8. The average molecular weight is 286 g/mol. The van der Waals surface area contributed by atoms with Crippen LogP contribution in [-0.4, -0.2) is 17.0 Å². The van der Waals surface area contributed by atoms with Gasteiger partial charge in [0.15, 0.2) is 0 Å². The molecule has 0 aliphatic heterocycles. The Morgan fingerprint density at radius 1 is 1.24 bits per heavy atom. The monoisotopic (exact) mass is 286 g/mol. The van der Waals surface area contributed by atoms with Crippen LogP contribution in [0.25, 0.3) is 0 Å². The summed E-state index contributed by atoms with van der Waals surface area (Å²) in [7, 11) is 2.04. The van der Waals surface area contributed by atoms with E-state index in [0.29, 0.717) is 5.91 Å². The van der Waals surface area contributed by atoms with Crippen LogP contribution in [0.15, 0.2) is 18.5 Å². The molecule has 1 amide bonds. The van der Waals surface area contributed by atoms with Crippen LogP contribution in [0.2, 0.25) is 0 Å². The fraction of sp³-hybridized carbons (Fsp3) is 0.722. The van der Waals surface area contributed by atoms with Crippen molar-refractivity contribution in [2.45, 2.75) is 44.9 Å². The van der Waals surface area contributed by atoms with Crippen molar-refractivity contribution in [3.05, 3.63) is 24.0 Å². The molecule has 0 atom stereocenters. The van der Waals surface area contributed by atoms with E-state index in [-0.39, 0.29) is 5.41 Å². The molecule has 0 aromatic carbocycles. The number of carbonyl (C=O) groups is 1. The van der Waals surface area contributed by atoms with Gasteiger partial charge in [0.2, 0.25) is 5.91 Å². The van der Waals surface area contributed by atoms with Crippen LogP contribution in [0.5, 0.6) is 0 Å². The molecule has 3 heteroatoms. The van der Waals surface area contributed by atoms with E-state index in [9.17, 15) is 4.79 Å². The van der Waals surface area contributed by atoms with E-state index in [4.69, 9.17) is 0 Å². The molecule has 4 fully saturated rings. The lowest BCUT2D eigenvalue weighted by atomic mass is 9.49. The van der Waals surface area contributed by atoms with Crippen LogP contribution in [0.4, 0.5) is 0 Å². The third-order valence-electron chi connectivity index (χ3n) is 6.11. The Labute approximate surface area is 127 Å². The molecule has 0 spiro atoms. The second kappa shape index (κ2) is 4.89. The number of amides is 1. The number of hydrogen-bond acceptors (Lipinski definition) is 1.